The van der Waals surface area contributed by atoms with Crippen molar-refractivity contribution in [1.82, 2.24) is 0 Å². The summed E-state index contributed by atoms with van der Waals surface area (Å²) in [4.78, 5) is 12.8. The fourth-order valence-electron chi connectivity index (χ4n) is 2.48. The van der Waals surface area contributed by atoms with Crippen LogP contribution in [0.3, 0.4) is 0 Å². The Morgan fingerprint density at radius 1 is 0.955 bits per heavy atom. The summed E-state index contributed by atoms with van der Waals surface area (Å²) >= 11 is 0. The number of methoxy groups -OCH3 is 3. The Hall–Kier alpha value is -2.89. The van der Waals surface area contributed by atoms with Gasteiger partial charge in [0.05, 0.1) is 26.7 Å². The summed E-state index contributed by atoms with van der Waals surface area (Å²) in [6, 6.07) is 6.13. The molecule has 0 aliphatic heterocycles. The smallest absolute Gasteiger partial charge is 0.204 e. The van der Waals surface area contributed by atoms with E-state index in [0.717, 1.165) is 0 Å². The highest BCUT2D eigenvalue weighted by atomic mass is 16.5. The standard InChI is InChI=1S/C16H14O6/c1-19-11-7-6-10-12(16(11)21-3)13(18)8-4-5-9(17)15(20-2)14(8)22-10/h4-7,17H,1-3H3. The molecule has 0 saturated carbocycles. The summed E-state index contributed by atoms with van der Waals surface area (Å²) < 4.78 is 21.4. The number of phenols is 1. The van der Waals surface area contributed by atoms with E-state index in [4.69, 9.17) is 18.6 Å². The van der Waals surface area contributed by atoms with Crippen molar-refractivity contribution < 1.29 is 23.7 Å². The number of hydrogen-bond acceptors (Lipinski definition) is 6. The van der Waals surface area contributed by atoms with Crippen molar-refractivity contribution in [1.29, 1.82) is 0 Å². The van der Waals surface area contributed by atoms with E-state index in [1.54, 1.807) is 12.1 Å². The first kappa shape index (κ1) is 14.1. The Kier molecular flexibility index (Phi) is 3.29. The van der Waals surface area contributed by atoms with Crippen LogP contribution in [0.5, 0.6) is 23.0 Å². The molecule has 6 nitrogen and oxygen atoms in total. The predicted octanol–water partition coefficient (Wildman–Crippen LogP) is 2.68. The molecule has 0 aliphatic rings. The predicted molar refractivity (Wildman–Crippen MR) is 81.3 cm³/mol. The maximum atomic E-state index is 12.8. The molecule has 0 spiro atoms. The second-order valence-corrected chi connectivity index (χ2v) is 4.60. The summed E-state index contributed by atoms with van der Waals surface area (Å²) in [7, 11) is 4.35. The van der Waals surface area contributed by atoms with E-state index in [1.165, 1.54) is 33.5 Å². The van der Waals surface area contributed by atoms with Crippen LogP contribution >= 0.6 is 0 Å². The lowest BCUT2D eigenvalue weighted by molar-refractivity contribution is 0.357. The molecule has 0 saturated heterocycles. The van der Waals surface area contributed by atoms with Gasteiger partial charge in [-0.15, -0.1) is 0 Å². The van der Waals surface area contributed by atoms with Crippen molar-refractivity contribution in [2.45, 2.75) is 0 Å². The highest BCUT2D eigenvalue weighted by Crippen LogP contribution is 2.38. The van der Waals surface area contributed by atoms with Crippen molar-refractivity contribution in [2.75, 3.05) is 21.3 Å². The van der Waals surface area contributed by atoms with Gasteiger partial charge in [0.1, 0.15) is 11.0 Å². The summed E-state index contributed by atoms with van der Waals surface area (Å²) in [5, 5.41) is 10.4. The largest absolute Gasteiger partial charge is 0.504 e. The van der Waals surface area contributed by atoms with Gasteiger partial charge in [0.2, 0.25) is 11.2 Å². The maximum absolute atomic E-state index is 12.8. The van der Waals surface area contributed by atoms with Crippen LogP contribution < -0.4 is 19.6 Å². The van der Waals surface area contributed by atoms with Crippen LogP contribution in [0.25, 0.3) is 21.9 Å². The number of fused-ring (bicyclic) bond motifs is 2. The second-order valence-electron chi connectivity index (χ2n) is 4.60. The molecule has 0 unspecified atom stereocenters. The fraction of sp³-hybridized carbons (Fsp3) is 0.188. The van der Waals surface area contributed by atoms with Gasteiger partial charge in [0.25, 0.3) is 0 Å². The molecule has 1 heterocycles. The number of ether oxygens (including phenoxy) is 3. The topological polar surface area (TPSA) is 78.1 Å². The molecule has 2 aromatic carbocycles. The molecule has 1 aromatic heterocycles. The lowest BCUT2D eigenvalue weighted by Crippen LogP contribution is -2.05. The molecule has 0 amide bonds. The summed E-state index contributed by atoms with van der Waals surface area (Å²) in [5.74, 6) is 0.763. The van der Waals surface area contributed by atoms with Gasteiger partial charge in [-0.05, 0) is 24.3 Å². The SMILES string of the molecule is COc1ccc2oc3c(OC)c(O)ccc3c(=O)c2c1OC. The highest BCUT2D eigenvalue weighted by Gasteiger charge is 2.19. The van der Waals surface area contributed by atoms with Crippen LogP contribution in [0.1, 0.15) is 0 Å². The first-order valence-electron chi connectivity index (χ1n) is 6.49. The quantitative estimate of drug-likeness (QED) is 0.749. The zero-order valence-electron chi connectivity index (χ0n) is 12.3. The van der Waals surface area contributed by atoms with Gasteiger partial charge < -0.3 is 23.7 Å². The second kappa shape index (κ2) is 5.14. The fourth-order valence-corrected chi connectivity index (χ4v) is 2.48. The first-order chi connectivity index (χ1) is 10.6. The third-order valence-electron chi connectivity index (χ3n) is 3.49. The lowest BCUT2D eigenvalue weighted by atomic mass is 10.1. The van der Waals surface area contributed by atoms with Gasteiger partial charge in [-0.3, -0.25) is 4.79 Å². The van der Waals surface area contributed by atoms with E-state index >= 15 is 0 Å². The van der Waals surface area contributed by atoms with Gasteiger partial charge in [0.15, 0.2) is 22.8 Å². The van der Waals surface area contributed by atoms with Crippen molar-refractivity contribution >= 4 is 21.9 Å². The molecule has 22 heavy (non-hydrogen) atoms. The van der Waals surface area contributed by atoms with Crippen molar-refractivity contribution in [3.63, 3.8) is 0 Å². The first-order valence-corrected chi connectivity index (χ1v) is 6.49. The van der Waals surface area contributed by atoms with Crippen LogP contribution in [-0.2, 0) is 0 Å². The van der Waals surface area contributed by atoms with Gasteiger partial charge >= 0.3 is 0 Å². The third kappa shape index (κ3) is 1.84. The number of benzene rings is 2. The number of hydrogen-bond donors (Lipinski definition) is 1. The van der Waals surface area contributed by atoms with Gasteiger partial charge in [0, 0.05) is 0 Å². The van der Waals surface area contributed by atoms with Crippen LogP contribution in [0.4, 0.5) is 0 Å². The van der Waals surface area contributed by atoms with Crippen molar-refractivity contribution in [2.24, 2.45) is 0 Å². The molecule has 1 N–H and O–H groups in total. The van der Waals surface area contributed by atoms with Crippen LogP contribution in [0.2, 0.25) is 0 Å². The zero-order valence-corrected chi connectivity index (χ0v) is 12.3. The summed E-state index contributed by atoms with van der Waals surface area (Å²) in [6.07, 6.45) is 0. The van der Waals surface area contributed by atoms with E-state index in [2.05, 4.69) is 0 Å². The van der Waals surface area contributed by atoms with Crippen LogP contribution in [0, 0.1) is 0 Å². The van der Waals surface area contributed by atoms with Gasteiger partial charge in [-0.2, -0.15) is 0 Å². The molecule has 0 fully saturated rings. The molecular formula is C16H14O6. The van der Waals surface area contributed by atoms with E-state index in [0.29, 0.717) is 17.1 Å². The molecule has 3 rings (SSSR count). The normalized spacial score (nSPS) is 10.9. The maximum Gasteiger partial charge on any atom is 0.204 e. The molecule has 0 atom stereocenters. The van der Waals surface area contributed by atoms with E-state index in [1.807, 2.05) is 0 Å². The molecule has 0 aliphatic carbocycles. The zero-order chi connectivity index (χ0) is 15.9. The van der Waals surface area contributed by atoms with Crippen LogP contribution in [0.15, 0.2) is 33.5 Å². The highest BCUT2D eigenvalue weighted by molar-refractivity contribution is 5.97. The molecule has 0 radical (unpaired) electrons. The third-order valence-corrected chi connectivity index (χ3v) is 3.49. The average molecular weight is 302 g/mol. The van der Waals surface area contributed by atoms with Gasteiger partial charge in [-0.1, -0.05) is 0 Å². The monoisotopic (exact) mass is 302 g/mol. The van der Waals surface area contributed by atoms with E-state index in [-0.39, 0.29) is 33.3 Å². The summed E-state index contributed by atoms with van der Waals surface area (Å²) in [6.45, 7) is 0. The number of phenolic OH excluding ortho intramolecular Hbond substituents is 1. The molecule has 0 bridgehead atoms. The average Bonchev–Trinajstić information content (AvgIpc) is 2.53. The Bertz CT molecular complexity index is 925. The molecule has 114 valence electrons. The molecular weight excluding hydrogens is 288 g/mol. The Labute approximate surface area is 125 Å². The van der Waals surface area contributed by atoms with E-state index < -0.39 is 0 Å². The Balaban J connectivity index is 2.55. The molecule has 6 heteroatoms. The molecule has 3 aromatic rings. The van der Waals surface area contributed by atoms with E-state index in [9.17, 15) is 9.90 Å². The number of rotatable bonds is 3. The minimum Gasteiger partial charge on any atom is -0.504 e. The van der Waals surface area contributed by atoms with Crippen LogP contribution in [-0.4, -0.2) is 26.4 Å². The lowest BCUT2D eigenvalue weighted by Gasteiger charge is -2.11. The Morgan fingerprint density at radius 2 is 1.68 bits per heavy atom. The van der Waals surface area contributed by atoms with Crippen molar-refractivity contribution in [3.05, 3.63) is 34.5 Å². The minimum atomic E-state index is -0.287. The minimum absolute atomic E-state index is 0.0991. The Morgan fingerprint density at radius 3 is 2.32 bits per heavy atom. The summed E-state index contributed by atoms with van der Waals surface area (Å²) in [5.41, 5.74) is 0.219. The number of aromatic hydroxyl groups is 1. The van der Waals surface area contributed by atoms with Gasteiger partial charge in [-0.25, -0.2) is 0 Å². The van der Waals surface area contributed by atoms with Crippen molar-refractivity contribution in [3.8, 4) is 23.0 Å².